The number of nitrogens with one attached hydrogen (secondary N) is 2. The van der Waals surface area contributed by atoms with Crippen LogP contribution in [0.3, 0.4) is 0 Å². The Bertz CT molecular complexity index is 694. The van der Waals surface area contributed by atoms with Gasteiger partial charge < -0.3 is 32.3 Å². The number of carboxylic acids is 2. The van der Waals surface area contributed by atoms with Gasteiger partial charge in [-0.15, -0.1) is 0 Å². The van der Waals surface area contributed by atoms with Crippen molar-refractivity contribution in [3.8, 4) is 0 Å². The molecule has 10 nitrogen and oxygen atoms in total. The highest BCUT2D eigenvalue weighted by molar-refractivity contribution is 5.91. The molecule has 0 saturated heterocycles. The van der Waals surface area contributed by atoms with Gasteiger partial charge in [-0.05, 0) is 31.1 Å². The molecule has 4 atom stereocenters. The summed E-state index contributed by atoms with van der Waals surface area (Å²) in [5, 5.41) is 23.1. The van der Waals surface area contributed by atoms with Crippen LogP contribution in [-0.2, 0) is 19.2 Å². The zero-order chi connectivity index (χ0) is 23.6. The smallest absolute Gasteiger partial charge is 0.326 e. The minimum atomic E-state index is -1.38. The summed E-state index contributed by atoms with van der Waals surface area (Å²) < 4.78 is 0. The van der Waals surface area contributed by atoms with Crippen LogP contribution in [0.2, 0.25) is 0 Å². The number of carbonyl (C=O) groups excluding carboxylic acids is 2. The van der Waals surface area contributed by atoms with Gasteiger partial charge in [0.2, 0.25) is 11.8 Å². The first-order valence-corrected chi connectivity index (χ1v) is 10.5. The molecule has 8 N–H and O–H groups in total. The van der Waals surface area contributed by atoms with Crippen molar-refractivity contribution < 1.29 is 29.4 Å². The molecule has 1 rings (SSSR count). The normalized spacial score (nSPS) is 21.5. The zero-order valence-corrected chi connectivity index (χ0v) is 18.0. The molecule has 0 bridgehead atoms. The number of hydrogen-bond acceptors (Lipinski definition) is 6. The number of rotatable bonds is 13. The summed E-state index contributed by atoms with van der Waals surface area (Å²) >= 11 is 0. The van der Waals surface area contributed by atoms with Crippen molar-refractivity contribution in [1.82, 2.24) is 10.6 Å². The molecular weight excluding hydrogens is 404 g/mol. The van der Waals surface area contributed by atoms with Gasteiger partial charge in [0.1, 0.15) is 12.1 Å². The van der Waals surface area contributed by atoms with Gasteiger partial charge in [-0.3, -0.25) is 14.4 Å². The Morgan fingerprint density at radius 3 is 2.06 bits per heavy atom. The van der Waals surface area contributed by atoms with Crippen molar-refractivity contribution in [2.45, 2.75) is 70.1 Å². The van der Waals surface area contributed by atoms with Gasteiger partial charge in [-0.2, -0.15) is 0 Å². The molecule has 0 aromatic carbocycles. The van der Waals surface area contributed by atoms with Crippen molar-refractivity contribution in [2.75, 3.05) is 0 Å². The fourth-order valence-electron chi connectivity index (χ4n) is 3.07. The first-order valence-electron chi connectivity index (χ1n) is 10.5. The van der Waals surface area contributed by atoms with Gasteiger partial charge in [-0.1, -0.05) is 44.6 Å². The lowest BCUT2D eigenvalue weighted by molar-refractivity contribution is -0.143. The Balaban J connectivity index is 2.87. The van der Waals surface area contributed by atoms with Crippen LogP contribution in [0.4, 0.5) is 0 Å². The van der Waals surface area contributed by atoms with Gasteiger partial charge in [0.25, 0.3) is 0 Å². The van der Waals surface area contributed by atoms with E-state index in [0.29, 0.717) is 12.8 Å². The SMILES string of the molecule is CC[C@H](C)[C@H](N)C(=O)N[C@@H](CCC1C=CC(N)C=C1)C(=O)N[C@@H](CCC(=O)O)C(=O)O. The topological polar surface area (TPSA) is 185 Å². The summed E-state index contributed by atoms with van der Waals surface area (Å²) in [6.07, 6.45) is 8.26. The van der Waals surface area contributed by atoms with E-state index in [1.54, 1.807) is 0 Å². The van der Waals surface area contributed by atoms with Crippen LogP contribution in [0.5, 0.6) is 0 Å². The highest BCUT2D eigenvalue weighted by atomic mass is 16.4. The lowest BCUT2D eigenvalue weighted by atomic mass is 9.93. The molecule has 0 unspecified atom stereocenters. The molecule has 0 aromatic rings. The van der Waals surface area contributed by atoms with Gasteiger partial charge in [0.05, 0.1) is 6.04 Å². The lowest BCUT2D eigenvalue weighted by Crippen LogP contribution is -2.55. The van der Waals surface area contributed by atoms with Crippen molar-refractivity contribution in [2.24, 2.45) is 23.3 Å². The molecule has 174 valence electrons. The van der Waals surface area contributed by atoms with Gasteiger partial charge in [0.15, 0.2) is 0 Å². The Kier molecular flexibility index (Phi) is 10.9. The average molecular weight is 439 g/mol. The quantitative estimate of drug-likeness (QED) is 0.219. The minimum Gasteiger partial charge on any atom is -0.481 e. The standard InChI is InChI=1S/C21H34N4O6/c1-3-12(2)18(23)20(29)24-15(9-6-13-4-7-14(22)8-5-13)19(28)25-16(21(30)31)10-11-17(26)27/h4-5,7-8,12-16,18H,3,6,9-11,22-23H2,1-2H3,(H,24,29)(H,25,28)(H,26,27)(H,30,31)/t12-,13?,14?,15-,16-,18-/m0/s1. The number of carbonyl (C=O) groups is 4. The van der Waals surface area contributed by atoms with E-state index in [1.165, 1.54) is 0 Å². The van der Waals surface area contributed by atoms with E-state index in [9.17, 15) is 24.3 Å². The van der Waals surface area contributed by atoms with Crippen molar-refractivity contribution in [1.29, 1.82) is 0 Å². The van der Waals surface area contributed by atoms with Crippen molar-refractivity contribution in [3.63, 3.8) is 0 Å². The molecular formula is C21H34N4O6. The predicted molar refractivity (Wildman–Crippen MR) is 115 cm³/mol. The maximum Gasteiger partial charge on any atom is 0.326 e. The second-order valence-electron chi connectivity index (χ2n) is 7.89. The number of allylic oxidation sites excluding steroid dienone is 2. The van der Waals surface area contributed by atoms with Gasteiger partial charge in [-0.25, -0.2) is 4.79 Å². The fraction of sp³-hybridized carbons (Fsp3) is 0.619. The average Bonchev–Trinajstić information content (AvgIpc) is 2.73. The molecule has 0 aromatic heterocycles. The number of carboxylic acid groups (broad SMARTS) is 2. The predicted octanol–water partition coefficient (Wildman–Crippen LogP) is 0.129. The fourth-order valence-corrected chi connectivity index (χ4v) is 3.07. The van der Waals surface area contributed by atoms with E-state index in [4.69, 9.17) is 16.6 Å². The second kappa shape index (κ2) is 12.9. The number of aliphatic carboxylic acids is 2. The number of amides is 2. The summed E-state index contributed by atoms with van der Waals surface area (Å²) in [5.41, 5.74) is 11.7. The van der Waals surface area contributed by atoms with Crippen LogP contribution < -0.4 is 22.1 Å². The van der Waals surface area contributed by atoms with Crippen molar-refractivity contribution >= 4 is 23.8 Å². The number of nitrogens with two attached hydrogens (primary N) is 2. The summed E-state index contributed by atoms with van der Waals surface area (Å²) in [5.74, 6) is -3.78. The molecule has 0 spiro atoms. The molecule has 0 heterocycles. The maximum absolute atomic E-state index is 12.8. The first-order chi connectivity index (χ1) is 14.5. The molecule has 0 fully saturated rings. The summed E-state index contributed by atoms with van der Waals surface area (Å²) in [6, 6.07) is -3.35. The summed E-state index contributed by atoms with van der Waals surface area (Å²) in [4.78, 5) is 47.5. The third-order valence-electron chi connectivity index (χ3n) is 5.40. The Morgan fingerprint density at radius 1 is 0.968 bits per heavy atom. The minimum absolute atomic E-state index is 0.0255. The number of hydrogen-bond donors (Lipinski definition) is 6. The highest BCUT2D eigenvalue weighted by Crippen LogP contribution is 2.17. The molecule has 0 aliphatic heterocycles. The van der Waals surface area contributed by atoms with Crippen LogP contribution in [0.15, 0.2) is 24.3 Å². The highest BCUT2D eigenvalue weighted by Gasteiger charge is 2.29. The first kappa shape index (κ1) is 26.3. The molecule has 1 aliphatic rings. The summed E-state index contributed by atoms with van der Waals surface area (Å²) in [6.45, 7) is 3.72. The van der Waals surface area contributed by atoms with Crippen LogP contribution in [0.25, 0.3) is 0 Å². The Morgan fingerprint density at radius 2 is 1.55 bits per heavy atom. The van der Waals surface area contributed by atoms with E-state index < -0.39 is 48.3 Å². The molecule has 31 heavy (non-hydrogen) atoms. The Labute approximate surface area is 182 Å². The molecule has 10 heteroatoms. The molecule has 2 amide bonds. The van der Waals surface area contributed by atoms with E-state index in [1.807, 2.05) is 38.2 Å². The maximum atomic E-state index is 12.8. The van der Waals surface area contributed by atoms with E-state index in [0.717, 1.165) is 0 Å². The second-order valence-corrected chi connectivity index (χ2v) is 7.89. The summed E-state index contributed by atoms with van der Waals surface area (Å²) in [7, 11) is 0. The van der Waals surface area contributed by atoms with E-state index in [2.05, 4.69) is 10.6 Å². The monoisotopic (exact) mass is 438 g/mol. The van der Waals surface area contributed by atoms with Gasteiger partial charge in [0, 0.05) is 12.5 Å². The van der Waals surface area contributed by atoms with Gasteiger partial charge >= 0.3 is 11.9 Å². The zero-order valence-electron chi connectivity index (χ0n) is 18.0. The Hall–Kier alpha value is -2.72. The van der Waals surface area contributed by atoms with Crippen LogP contribution >= 0.6 is 0 Å². The van der Waals surface area contributed by atoms with Crippen LogP contribution in [0, 0.1) is 11.8 Å². The van der Waals surface area contributed by atoms with Crippen molar-refractivity contribution in [3.05, 3.63) is 24.3 Å². The largest absolute Gasteiger partial charge is 0.481 e. The van der Waals surface area contributed by atoms with E-state index in [-0.39, 0.29) is 30.7 Å². The van der Waals surface area contributed by atoms with E-state index >= 15 is 0 Å². The molecule has 1 aliphatic carbocycles. The molecule has 0 saturated carbocycles. The third kappa shape index (κ3) is 9.31. The van der Waals surface area contributed by atoms with Crippen LogP contribution in [0.1, 0.15) is 46.0 Å². The van der Waals surface area contributed by atoms with Crippen LogP contribution in [-0.4, -0.2) is 58.1 Å². The lowest BCUT2D eigenvalue weighted by Gasteiger charge is -2.25. The molecule has 0 radical (unpaired) electrons. The third-order valence-corrected chi connectivity index (χ3v) is 5.40.